The molecule has 9 heteroatoms. The summed E-state index contributed by atoms with van der Waals surface area (Å²) in [5.41, 5.74) is 2.65. The van der Waals surface area contributed by atoms with Crippen LogP contribution in [-0.2, 0) is 22.6 Å². The van der Waals surface area contributed by atoms with Crippen molar-refractivity contribution in [1.82, 2.24) is 19.1 Å². The van der Waals surface area contributed by atoms with E-state index in [9.17, 15) is 9.59 Å². The number of aromatic nitrogens is 4. The summed E-state index contributed by atoms with van der Waals surface area (Å²) < 4.78 is 8.95. The van der Waals surface area contributed by atoms with Gasteiger partial charge in [-0.1, -0.05) is 12.1 Å². The van der Waals surface area contributed by atoms with Crippen LogP contribution in [-0.4, -0.2) is 38.2 Å². The third-order valence-electron chi connectivity index (χ3n) is 5.52. The van der Waals surface area contributed by atoms with Gasteiger partial charge >= 0.3 is 0 Å². The van der Waals surface area contributed by atoms with Gasteiger partial charge in [-0.25, -0.2) is 9.97 Å². The highest BCUT2D eigenvalue weighted by Crippen LogP contribution is 2.25. The second-order valence-electron chi connectivity index (χ2n) is 7.63. The molecule has 1 aromatic carbocycles. The van der Waals surface area contributed by atoms with Crippen LogP contribution in [0.4, 0.5) is 5.95 Å². The van der Waals surface area contributed by atoms with Crippen molar-refractivity contribution in [1.29, 1.82) is 0 Å². The zero-order valence-electron chi connectivity index (χ0n) is 18.6. The maximum Gasteiger partial charge on any atom is 0.262 e. The molecule has 0 fully saturated rings. The van der Waals surface area contributed by atoms with Crippen LogP contribution >= 0.6 is 11.3 Å². The van der Waals surface area contributed by atoms with Crippen LogP contribution in [0.25, 0.3) is 21.3 Å². The van der Waals surface area contributed by atoms with Crippen LogP contribution in [0.2, 0.25) is 0 Å². The Balaban J connectivity index is 1.48. The predicted octanol–water partition coefficient (Wildman–Crippen LogP) is 3.88. The fraction of sp³-hybridized carbons (Fsp3) is 0.391. The molecule has 1 N–H and O–H groups in total. The number of benzene rings is 1. The Hall–Kier alpha value is -3.04. The van der Waals surface area contributed by atoms with Crippen LogP contribution in [0.15, 0.2) is 35.4 Å². The van der Waals surface area contributed by atoms with Gasteiger partial charge in [0.15, 0.2) is 0 Å². The molecule has 32 heavy (non-hydrogen) atoms. The molecule has 3 heterocycles. The van der Waals surface area contributed by atoms with E-state index in [1.165, 1.54) is 22.2 Å². The summed E-state index contributed by atoms with van der Waals surface area (Å²) in [4.78, 5) is 36.4. The average molecular weight is 454 g/mol. The Morgan fingerprint density at radius 3 is 2.84 bits per heavy atom. The highest BCUT2D eigenvalue weighted by molar-refractivity contribution is 7.18. The van der Waals surface area contributed by atoms with Gasteiger partial charge in [-0.05, 0) is 44.9 Å². The molecule has 0 saturated heterocycles. The molecule has 4 rings (SSSR count). The van der Waals surface area contributed by atoms with Crippen molar-refractivity contribution in [3.8, 4) is 0 Å². The minimum Gasteiger partial charge on any atom is -0.382 e. The van der Waals surface area contributed by atoms with Crippen LogP contribution < -0.4 is 10.9 Å². The molecule has 4 aromatic rings. The predicted molar refractivity (Wildman–Crippen MR) is 127 cm³/mol. The standard InChI is InChI=1S/C23H27N5O3S/c1-4-31-13-7-11-28-18-9-6-5-8-17(18)25-23(28)26-19(29)10-12-27-14-24-21-20(22(27)30)15(2)16(3)32-21/h5-6,8-9,14H,4,7,10-13H2,1-3H3,(H,25,26,29). The maximum absolute atomic E-state index is 12.8. The van der Waals surface area contributed by atoms with Gasteiger partial charge < -0.3 is 9.30 Å². The highest BCUT2D eigenvalue weighted by Gasteiger charge is 2.15. The van der Waals surface area contributed by atoms with Crippen LogP contribution in [0, 0.1) is 13.8 Å². The number of rotatable bonds is 9. The van der Waals surface area contributed by atoms with E-state index in [1.54, 1.807) is 0 Å². The van der Waals surface area contributed by atoms with Crippen LogP contribution in [0.1, 0.15) is 30.2 Å². The van der Waals surface area contributed by atoms with E-state index in [2.05, 4.69) is 15.3 Å². The second kappa shape index (κ2) is 9.62. The number of carbonyl (C=O) groups is 1. The van der Waals surface area contributed by atoms with E-state index in [0.29, 0.717) is 31.1 Å². The molecule has 0 aliphatic carbocycles. The van der Waals surface area contributed by atoms with Crippen LogP contribution in [0.5, 0.6) is 0 Å². The Kier molecular flexibility index (Phi) is 6.66. The lowest BCUT2D eigenvalue weighted by atomic mass is 10.2. The van der Waals surface area contributed by atoms with E-state index in [0.717, 1.165) is 32.7 Å². The fourth-order valence-electron chi connectivity index (χ4n) is 3.70. The smallest absolute Gasteiger partial charge is 0.262 e. The number of carbonyl (C=O) groups excluding carboxylic acids is 1. The summed E-state index contributed by atoms with van der Waals surface area (Å²) in [6.45, 7) is 8.16. The van der Waals surface area contributed by atoms with E-state index in [4.69, 9.17) is 4.74 Å². The van der Waals surface area contributed by atoms with Crippen LogP contribution in [0.3, 0.4) is 0 Å². The topological polar surface area (TPSA) is 91.0 Å². The number of thiophene rings is 1. The summed E-state index contributed by atoms with van der Waals surface area (Å²) in [6.07, 6.45) is 2.49. The zero-order valence-corrected chi connectivity index (χ0v) is 19.4. The number of aryl methyl sites for hydroxylation is 4. The summed E-state index contributed by atoms with van der Waals surface area (Å²) in [5.74, 6) is 0.314. The first-order valence-corrected chi connectivity index (χ1v) is 11.6. The Morgan fingerprint density at radius 1 is 1.22 bits per heavy atom. The zero-order chi connectivity index (χ0) is 22.7. The normalized spacial score (nSPS) is 11.5. The first-order valence-electron chi connectivity index (χ1n) is 10.8. The average Bonchev–Trinajstić information content (AvgIpc) is 3.27. The van der Waals surface area contributed by atoms with Gasteiger partial charge in [0, 0.05) is 37.6 Å². The molecule has 0 bridgehead atoms. The fourth-order valence-corrected chi connectivity index (χ4v) is 4.69. The molecular weight excluding hydrogens is 426 g/mol. The van der Waals surface area contributed by atoms with Gasteiger partial charge in [-0.3, -0.25) is 19.5 Å². The first kappa shape index (κ1) is 22.2. The number of nitrogens with zero attached hydrogens (tertiary/aromatic N) is 4. The molecule has 0 aliphatic heterocycles. The quantitative estimate of drug-likeness (QED) is 0.388. The van der Waals surface area contributed by atoms with Crippen molar-refractivity contribution in [3.05, 3.63) is 51.4 Å². The lowest BCUT2D eigenvalue weighted by molar-refractivity contribution is -0.116. The Bertz CT molecular complexity index is 1320. The molecule has 1 amide bonds. The SMILES string of the molecule is CCOCCCn1c(NC(=O)CCn2cnc3sc(C)c(C)c3c2=O)nc2ccccc21. The molecular formula is C23H27N5O3S. The van der Waals surface area contributed by atoms with Crippen molar-refractivity contribution in [2.24, 2.45) is 0 Å². The molecule has 0 aliphatic rings. The molecule has 0 radical (unpaired) electrons. The van der Waals surface area contributed by atoms with Crippen molar-refractivity contribution in [2.45, 2.75) is 46.7 Å². The number of amides is 1. The van der Waals surface area contributed by atoms with Gasteiger partial charge in [0.2, 0.25) is 11.9 Å². The third kappa shape index (κ3) is 4.44. The lowest BCUT2D eigenvalue weighted by Gasteiger charge is -2.11. The number of hydrogen-bond donors (Lipinski definition) is 1. The molecule has 8 nitrogen and oxygen atoms in total. The number of para-hydroxylation sites is 2. The summed E-state index contributed by atoms with van der Waals surface area (Å²) in [5, 5.41) is 3.57. The van der Waals surface area contributed by atoms with Crippen molar-refractivity contribution in [3.63, 3.8) is 0 Å². The van der Waals surface area contributed by atoms with Gasteiger partial charge in [0.05, 0.1) is 22.7 Å². The van der Waals surface area contributed by atoms with Gasteiger partial charge in [0.25, 0.3) is 5.56 Å². The molecule has 0 atom stereocenters. The second-order valence-corrected chi connectivity index (χ2v) is 8.83. The number of imidazole rings is 1. The maximum atomic E-state index is 12.8. The van der Waals surface area contributed by atoms with E-state index in [1.807, 2.05) is 49.6 Å². The monoisotopic (exact) mass is 453 g/mol. The number of hydrogen-bond acceptors (Lipinski definition) is 6. The van der Waals surface area contributed by atoms with Gasteiger partial charge in [-0.2, -0.15) is 0 Å². The highest BCUT2D eigenvalue weighted by atomic mass is 32.1. The molecule has 168 valence electrons. The first-order chi connectivity index (χ1) is 15.5. The molecule has 0 spiro atoms. The Labute approximate surface area is 189 Å². The summed E-state index contributed by atoms with van der Waals surface area (Å²) in [7, 11) is 0. The Morgan fingerprint density at radius 2 is 2.03 bits per heavy atom. The van der Waals surface area contributed by atoms with Crippen molar-refractivity contribution < 1.29 is 9.53 Å². The van der Waals surface area contributed by atoms with Gasteiger partial charge in [-0.15, -0.1) is 11.3 Å². The summed E-state index contributed by atoms with van der Waals surface area (Å²) >= 11 is 1.52. The molecule has 3 aromatic heterocycles. The number of fused-ring (bicyclic) bond motifs is 2. The number of anilines is 1. The molecule has 0 saturated carbocycles. The van der Waals surface area contributed by atoms with E-state index in [-0.39, 0.29) is 24.4 Å². The number of nitrogens with one attached hydrogen (secondary N) is 1. The summed E-state index contributed by atoms with van der Waals surface area (Å²) in [6, 6.07) is 7.80. The van der Waals surface area contributed by atoms with Crippen molar-refractivity contribution in [2.75, 3.05) is 18.5 Å². The molecule has 0 unspecified atom stereocenters. The van der Waals surface area contributed by atoms with Crippen molar-refractivity contribution >= 4 is 44.4 Å². The van der Waals surface area contributed by atoms with E-state index >= 15 is 0 Å². The lowest BCUT2D eigenvalue weighted by Crippen LogP contribution is -2.24. The van der Waals surface area contributed by atoms with E-state index < -0.39 is 0 Å². The van der Waals surface area contributed by atoms with Gasteiger partial charge in [0.1, 0.15) is 4.83 Å². The number of ether oxygens (including phenoxy) is 1. The largest absolute Gasteiger partial charge is 0.382 e. The third-order valence-corrected chi connectivity index (χ3v) is 6.63. The minimum atomic E-state index is -0.198. The minimum absolute atomic E-state index is 0.104.